The van der Waals surface area contributed by atoms with Gasteiger partial charge in [-0.25, -0.2) is 0 Å². The van der Waals surface area contributed by atoms with Crippen LogP contribution in [0.25, 0.3) is 75.5 Å². The van der Waals surface area contributed by atoms with Crippen molar-refractivity contribution in [3.63, 3.8) is 0 Å². The Morgan fingerprint density at radius 1 is 0.353 bits per heavy atom. The van der Waals surface area contributed by atoms with Gasteiger partial charge in [0.2, 0.25) is 0 Å². The summed E-state index contributed by atoms with van der Waals surface area (Å²) in [5.41, 5.74) is 16.7. The van der Waals surface area contributed by atoms with E-state index in [1.54, 1.807) is 0 Å². The maximum atomic E-state index is 7.16. The molecule has 2 aliphatic carbocycles. The predicted octanol–water partition coefficient (Wildman–Crippen LogP) is 18.0. The molecule has 0 bridgehead atoms. The van der Waals surface area contributed by atoms with Gasteiger partial charge in [0.05, 0.1) is 21.5 Å². The Morgan fingerprint density at radius 2 is 0.926 bits per heavy atom. The van der Waals surface area contributed by atoms with Crippen LogP contribution in [-0.2, 0) is 5.41 Å². The van der Waals surface area contributed by atoms with Gasteiger partial charge in [0, 0.05) is 65.5 Å². The molecule has 0 amide bonds. The first-order chi connectivity index (χ1) is 33.7. The monoisotopic (exact) mass is 886 g/mol. The van der Waals surface area contributed by atoms with Gasteiger partial charge in [-0.2, -0.15) is 0 Å². The highest BCUT2D eigenvalue weighted by Gasteiger charge is 2.54. The van der Waals surface area contributed by atoms with E-state index in [1.165, 1.54) is 53.6 Å². The number of hydrogen-bond donors (Lipinski definition) is 0. The minimum atomic E-state index is -0.681. The van der Waals surface area contributed by atoms with E-state index in [9.17, 15) is 0 Å². The van der Waals surface area contributed by atoms with Crippen molar-refractivity contribution in [1.29, 1.82) is 0 Å². The lowest BCUT2D eigenvalue weighted by Crippen LogP contribution is -2.26. The van der Waals surface area contributed by atoms with Gasteiger partial charge in [-0.1, -0.05) is 152 Å². The molecule has 5 heteroatoms. The summed E-state index contributed by atoms with van der Waals surface area (Å²) >= 11 is 1.86. The van der Waals surface area contributed by atoms with Gasteiger partial charge in [-0.3, -0.25) is 0 Å². The molecule has 1 spiro atoms. The summed E-state index contributed by atoms with van der Waals surface area (Å²) in [5.74, 6) is 0.904. The summed E-state index contributed by atoms with van der Waals surface area (Å²) in [5, 5.41) is 5.86. The fraction of sp³-hybridized carbons (Fsp3) is 0.0159. The molecule has 318 valence electrons. The quantitative estimate of drug-likeness (QED) is 0.167. The van der Waals surface area contributed by atoms with E-state index in [4.69, 9.17) is 8.83 Å². The molecule has 0 N–H and O–H groups in total. The molecule has 0 saturated carbocycles. The molecule has 0 radical (unpaired) electrons. The SMILES string of the molecule is c1ccc(N(c2ccc3c(c2)-c2oc4ccccc4c2C32c3ccccc3-c3ccc(N(c4ccccc4)c4cccc5c4sc4ccccc45)cc32)c2cccc3c2oc2ccccc23)cc1. The lowest BCUT2D eigenvalue weighted by molar-refractivity contribution is 0.628. The maximum absolute atomic E-state index is 7.16. The standard InChI is InChI=1S/C63H38N2O2S/c1-3-17-39(18-4-1)64(54-28-15-25-47-45-22-8-12-30-56(45)66-60(47)54)41-34-36-52-50(37-41)61-59(49-24-9-13-31-57(49)67-61)63(52)51-27-11-7-21-43(51)44-35-33-42(38-53(44)63)65(40-19-5-2-6-20-40)55-29-16-26-48-46-23-10-14-32-58(46)68-62(48)55/h1-38H. The zero-order valence-electron chi connectivity index (χ0n) is 36.6. The average Bonchev–Trinajstić information content (AvgIpc) is 4.20. The van der Waals surface area contributed by atoms with E-state index in [-0.39, 0.29) is 0 Å². The smallest absolute Gasteiger partial charge is 0.159 e. The molecule has 68 heavy (non-hydrogen) atoms. The Bertz CT molecular complexity index is 4180. The van der Waals surface area contributed by atoms with Crippen LogP contribution in [0.1, 0.15) is 22.3 Å². The van der Waals surface area contributed by atoms with Gasteiger partial charge in [0.15, 0.2) is 5.58 Å². The van der Waals surface area contributed by atoms with Crippen molar-refractivity contribution in [3.8, 4) is 22.5 Å². The van der Waals surface area contributed by atoms with E-state index in [0.29, 0.717) is 0 Å². The number of thiophene rings is 1. The molecule has 4 nitrogen and oxygen atoms in total. The van der Waals surface area contributed by atoms with Crippen molar-refractivity contribution < 1.29 is 8.83 Å². The summed E-state index contributed by atoms with van der Waals surface area (Å²) in [7, 11) is 0. The largest absolute Gasteiger partial charge is 0.456 e. The van der Waals surface area contributed by atoms with Crippen LogP contribution in [0.15, 0.2) is 239 Å². The highest BCUT2D eigenvalue weighted by molar-refractivity contribution is 7.26. The zero-order valence-corrected chi connectivity index (χ0v) is 37.4. The second kappa shape index (κ2) is 14.2. The van der Waals surface area contributed by atoms with E-state index in [0.717, 1.165) is 78.4 Å². The molecule has 15 rings (SSSR count). The molecule has 10 aromatic carbocycles. The summed E-state index contributed by atoms with van der Waals surface area (Å²) in [6, 6.07) is 83.5. The van der Waals surface area contributed by atoms with Crippen LogP contribution in [0.5, 0.6) is 0 Å². The Kier molecular flexibility index (Phi) is 7.83. The van der Waals surface area contributed by atoms with Crippen LogP contribution in [-0.4, -0.2) is 0 Å². The lowest BCUT2D eigenvalue weighted by atomic mass is 9.70. The van der Waals surface area contributed by atoms with Gasteiger partial charge in [-0.15, -0.1) is 11.3 Å². The molecule has 1 unspecified atom stereocenters. The molecule has 0 aliphatic heterocycles. The second-order valence-corrected chi connectivity index (χ2v) is 19.0. The molecule has 1 atom stereocenters. The number of furan rings is 2. The van der Waals surface area contributed by atoms with Crippen LogP contribution < -0.4 is 9.80 Å². The molecule has 3 heterocycles. The molecular formula is C63H38N2O2S. The Morgan fingerprint density at radius 3 is 1.74 bits per heavy atom. The third-order valence-electron chi connectivity index (χ3n) is 14.4. The van der Waals surface area contributed by atoms with Crippen LogP contribution >= 0.6 is 11.3 Å². The topological polar surface area (TPSA) is 32.8 Å². The van der Waals surface area contributed by atoms with Gasteiger partial charge in [0.1, 0.15) is 16.9 Å². The zero-order chi connectivity index (χ0) is 44.5. The van der Waals surface area contributed by atoms with Crippen molar-refractivity contribution in [1.82, 2.24) is 0 Å². The van der Waals surface area contributed by atoms with E-state index < -0.39 is 5.41 Å². The van der Waals surface area contributed by atoms with Gasteiger partial charge >= 0.3 is 0 Å². The second-order valence-electron chi connectivity index (χ2n) is 17.9. The summed E-state index contributed by atoms with van der Waals surface area (Å²) in [6.45, 7) is 0. The number of anilines is 6. The van der Waals surface area contributed by atoms with Crippen LogP contribution in [0.4, 0.5) is 34.1 Å². The third-order valence-corrected chi connectivity index (χ3v) is 15.7. The van der Waals surface area contributed by atoms with E-state index in [1.807, 2.05) is 17.4 Å². The van der Waals surface area contributed by atoms with Gasteiger partial charge < -0.3 is 18.6 Å². The third kappa shape index (κ3) is 5.08. The van der Waals surface area contributed by atoms with Crippen LogP contribution in [0, 0.1) is 0 Å². The fourth-order valence-corrected chi connectivity index (χ4v) is 12.9. The van der Waals surface area contributed by atoms with Crippen molar-refractivity contribution >= 4 is 98.5 Å². The average molecular weight is 887 g/mol. The minimum Gasteiger partial charge on any atom is -0.456 e. The van der Waals surface area contributed by atoms with Crippen molar-refractivity contribution in [2.24, 2.45) is 0 Å². The molecule has 13 aromatic rings. The molecule has 2 aliphatic rings. The minimum absolute atomic E-state index is 0.681. The molecule has 0 fully saturated rings. The number of fused-ring (bicyclic) bond motifs is 18. The number of benzene rings is 10. The van der Waals surface area contributed by atoms with E-state index >= 15 is 0 Å². The number of nitrogens with zero attached hydrogens (tertiary/aromatic N) is 2. The highest BCUT2D eigenvalue weighted by atomic mass is 32.1. The summed E-state index contributed by atoms with van der Waals surface area (Å²) in [6.07, 6.45) is 0. The van der Waals surface area contributed by atoms with Crippen molar-refractivity contribution in [2.45, 2.75) is 5.41 Å². The Hall–Kier alpha value is -8.64. The molecular weight excluding hydrogens is 849 g/mol. The maximum Gasteiger partial charge on any atom is 0.159 e. The van der Waals surface area contributed by atoms with E-state index in [2.05, 4.69) is 234 Å². The Labute approximate surface area is 395 Å². The first-order valence-electron chi connectivity index (χ1n) is 23.2. The number of rotatable bonds is 6. The summed E-state index contributed by atoms with van der Waals surface area (Å²) < 4.78 is 16.4. The molecule has 0 saturated heterocycles. The number of para-hydroxylation sites is 5. The number of hydrogen-bond acceptors (Lipinski definition) is 5. The highest BCUT2D eigenvalue weighted by Crippen LogP contribution is 2.66. The molecule has 3 aromatic heterocycles. The van der Waals surface area contributed by atoms with Crippen molar-refractivity contribution in [2.75, 3.05) is 9.80 Å². The van der Waals surface area contributed by atoms with Crippen molar-refractivity contribution in [3.05, 3.63) is 253 Å². The van der Waals surface area contributed by atoms with Gasteiger partial charge in [-0.05, 0) is 107 Å². The lowest BCUT2D eigenvalue weighted by Gasteiger charge is -2.32. The Balaban J connectivity index is 0.999. The predicted molar refractivity (Wildman–Crippen MR) is 282 cm³/mol. The van der Waals surface area contributed by atoms with Gasteiger partial charge in [0.25, 0.3) is 0 Å². The van der Waals surface area contributed by atoms with Crippen LogP contribution in [0.2, 0.25) is 0 Å². The first-order valence-corrected chi connectivity index (χ1v) is 24.0. The first kappa shape index (κ1) is 37.6. The summed E-state index contributed by atoms with van der Waals surface area (Å²) in [4.78, 5) is 4.79. The normalized spacial score (nSPS) is 14.5. The van der Waals surface area contributed by atoms with Crippen LogP contribution in [0.3, 0.4) is 0 Å². The fourth-order valence-electron chi connectivity index (χ4n) is 11.7.